The van der Waals surface area contributed by atoms with E-state index < -0.39 is 5.82 Å². The Kier molecular flexibility index (Phi) is 7.73. The third-order valence-corrected chi connectivity index (χ3v) is 3.77. The molecule has 27 heavy (non-hydrogen) atoms. The number of nitrogen functional groups attached to an aromatic ring is 1. The van der Waals surface area contributed by atoms with Crippen molar-refractivity contribution in [3.8, 4) is 17.2 Å². The lowest BCUT2D eigenvalue weighted by atomic mass is 10.2. The van der Waals surface area contributed by atoms with Gasteiger partial charge in [0.1, 0.15) is 11.6 Å². The molecule has 6 nitrogen and oxygen atoms in total. The summed E-state index contributed by atoms with van der Waals surface area (Å²) >= 11 is 0. The molecule has 0 spiro atoms. The van der Waals surface area contributed by atoms with Crippen molar-refractivity contribution in [1.29, 1.82) is 0 Å². The van der Waals surface area contributed by atoms with Gasteiger partial charge in [-0.15, -0.1) is 0 Å². The molecule has 7 heteroatoms. The maximum Gasteiger partial charge on any atom is 0.319 e. The molecule has 0 aliphatic rings. The van der Waals surface area contributed by atoms with Crippen LogP contribution in [-0.4, -0.2) is 19.2 Å². The molecule has 4 N–H and O–H groups in total. The Labute approximate surface area is 158 Å². The van der Waals surface area contributed by atoms with Crippen molar-refractivity contribution < 1.29 is 18.7 Å². The second-order valence-electron chi connectivity index (χ2n) is 5.97. The van der Waals surface area contributed by atoms with Crippen LogP contribution in [0.25, 0.3) is 0 Å². The quantitative estimate of drug-likeness (QED) is 0.429. The first-order valence-electron chi connectivity index (χ1n) is 9.08. The summed E-state index contributed by atoms with van der Waals surface area (Å²) < 4.78 is 24.9. The molecular formula is C20H26FN3O3. The van der Waals surface area contributed by atoms with Gasteiger partial charge >= 0.3 is 6.03 Å². The molecule has 0 aliphatic carbocycles. The number of amides is 2. The van der Waals surface area contributed by atoms with Gasteiger partial charge in [-0.1, -0.05) is 19.8 Å². The largest absolute Gasteiger partial charge is 0.490 e. The molecule has 0 saturated carbocycles. The highest BCUT2D eigenvalue weighted by Gasteiger charge is 2.11. The molecule has 0 atom stereocenters. The third-order valence-electron chi connectivity index (χ3n) is 3.77. The molecule has 0 fully saturated rings. The Morgan fingerprint density at radius 2 is 1.93 bits per heavy atom. The van der Waals surface area contributed by atoms with Gasteiger partial charge in [0.25, 0.3) is 0 Å². The lowest BCUT2D eigenvalue weighted by Gasteiger charge is -2.14. The number of rotatable bonds is 9. The molecule has 0 heterocycles. The van der Waals surface area contributed by atoms with Gasteiger partial charge in [-0.05, 0) is 37.6 Å². The van der Waals surface area contributed by atoms with Gasteiger partial charge in [-0.25, -0.2) is 9.18 Å². The highest BCUT2D eigenvalue weighted by Crippen LogP contribution is 2.34. The SMILES string of the molecule is CCCCCNC(=O)Nc1ccc(Oc2ccc(N)c(F)c2)c(OCC)c1. The number of unbranched alkanes of at least 4 members (excludes halogenated alkanes) is 2. The van der Waals surface area contributed by atoms with Crippen LogP contribution in [0.2, 0.25) is 0 Å². The normalized spacial score (nSPS) is 10.3. The average Bonchev–Trinajstić information content (AvgIpc) is 2.64. The standard InChI is InChI=1S/C20H26FN3O3/c1-3-5-6-11-23-20(25)24-14-7-10-18(19(12-14)26-4-2)27-15-8-9-17(22)16(21)13-15/h7-10,12-13H,3-6,11,22H2,1-2H3,(H2,23,24,25). The minimum atomic E-state index is -0.552. The van der Waals surface area contributed by atoms with E-state index in [1.165, 1.54) is 12.1 Å². The number of ether oxygens (including phenoxy) is 2. The van der Waals surface area contributed by atoms with Gasteiger partial charge in [0.2, 0.25) is 0 Å². The van der Waals surface area contributed by atoms with Crippen molar-refractivity contribution in [2.45, 2.75) is 33.1 Å². The van der Waals surface area contributed by atoms with E-state index in [4.69, 9.17) is 15.2 Å². The second-order valence-corrected chi connectivity index (χ2v) is 5.97. The van der Waals surface area contributed by atoms with Crippen LogP contribution in [0.1, 0.15) is 33.1 Å². The fraction of sp³-hybridized carbons (Fsp3) is 0.350. The predicted octanol–water partition coefficient (Wildman–Crippen LogP) is 4.91. The van der Waals surface area contributed by atoms with Crippen LogP contribution < -0.4 is 25.8 Å². The minimum absolute atomic E-state index is 0.0527. The van der Waals surface area contributed by atoms with Crippen molar-refractivity contribution in [3.05, 3.63) is 42.2 Å². The number of benzene rings is 2. The van der Waals surface area contributed by atoms with Gasteiger partial charge in [0, 0.05) is 24.4 Å². The van der Waals surface area contributed by atoms with E-state index >= 15 is 0 Å². The Bertz CT molecular complexity index is 768. The topological polar surface area (TPSA) is 85.6 Å². The van der Waals surface area contributed by atoms with Crippen molar-refractivity contribution in [3.63, 3.8) is 0 Å². The summed E-state index contributed by atoms with van der Waals surface area (Å²) in [6, 6.07) is 8.96. The fourth-order valence-electron chi connectivity index (χ4n) is 2.39. The summed E-state index contributed by atoms with van der Waals surface area (Å²) in [4.78, 5) is 11.9. The fourth-order valence-corrected chi connectivity index (χ4v) is 2.39. The van der Waals surface area contributed by atoms with E-state index in [-0.39, 0.29) is 11.7 Å². The second kappa shape index (κ2) is 10.3. The summed E-state index contributed by atoms with van der Waals surface area (Å²) in [5.41, 5.74) is 6.10. The lowest BCUT2D eigenvalue weighted by Crippen LogP contribution is -2.29. The maximum absolute atomic E-state index is 13.6. The van der Waals surface area contributed by atoms with Gasteiger partial charge in [-0.2, -0.15) is 0 Å². The van der Waals surface area contributed by atoms with Crippen LogP contribution in [0.15, 0.2) is 36.4 Å². The summed E-state index contributed by atoms with van der Waals surface area (Å²) in [5, 5.41) is 5.57. The summed E-state index contributed by atoms with van der Waals surface area (Å²) in [5.74, 6) is 0.606. The Morgan fingerprint density at radius 3 is 2.63 bits per heavy atom. The lowest BCUT2D eigenvalue weighted by molar-refractivity contribution is 0.252. The number of hydrogen-bond donors (Lipinski definition) is 3. The van der Waals surface area contributed by atoms with Gasteiger partial charge < -0.3 is 25.8 Å². The number of carbonyl (C=O) groups is 1. The number of anilines is 2. The van der Waals surface area contributed by atoms with Crippen LogP contribution >= 0.6 is 0 Å². The molecule has 2 rings (SSSR count). The molecular weight excluding hydrogens is 349 g/mol. The number of halogens is 1. The van der Waals surface area contributed by atoms with Crippen molar-refractivity contribution in [2.24, 2.45) is 0 Å². The summed E-state index contributed by atoms with van der Waals surface area (Å²) in [7, 11) is 0. The monoisotopic (exact) mass is 375 g/mol. The molecule has 0 aromatic heterocycles. The number of hydrogen-bond acceptors (Lipinski definition) is 4. The number of nitrogens with two attached hydrogens (primary N) is 1. The van der Waals surface area contributed by atoms with E-state index in [1.807, 2.05) is 6.92 Å². The van der Waals surface area contributed by atoms with Gasteiger partial charge in [0.05, 0.1) is 12.3 Å². The van der Waals surface area contributed by atoms with Gasteiger partial charge in [0.15, 0.2) is 11.5 Å². The highest BCUT2D eigenvalue weighted by molar-refractivity contribution is 5.89. The average molecular weight is 375 g/mol. The predicted molar refractivity (Wildman–Crippen MR) is 105 cm³/mol. The van der Waals surface area contributed by atoms with Crippen LogP contribution in [0.3, 0.4) is 0 Å². The van der Waals surface area contributed by atoms with Crippen molar-refractivity contribution in [1.82, 2.24) is 5.32 Å². The van der Waals surface area contributed by atoms with Crippen LogP contribution in [-0.2, 0) is 0 Å². The van der Waals surface area contributed by atoms with Crippen molar-refractivity contribution >= 4 is 17.4 Å². The van der Waals surface area contributed by atoms with E-state index in [1.54, 1.807) is 24.3 Å². The zero-order valence-electron chi connectivity index (χ0n) is 15.7. The first-order chi connectivity index (χ1) is 13.0. The van der Waals surface area contributed by atoms with Crippen LogP contribution in [0.4, 0.5) is 20.6 Å². The summed E-state index contributed by atoms with van der Waals surface area (Å²) in [6.45, 7) is 4.99. The van der Waals surface area contributed by atoms with Gasteiger partial charge in [-0.3, -0.25) is 0 Å². The molecule has 2 aromatic rings. The molecule has 146 valence electrons. The smallest absolute Gasteiger partial charge is 0.319 e. The first-order valence-corrected chi connectivity index (χ1v) is 9.08. The Balaban J connectivity index is 2.06. The maximum atomic E-state index is 13.6. The molecule has 2 amide bonds. The Hall–Kier alpha value is -2.96. The zero-order chi connectivity index (χ0) is 19.6. The van der Waals surface area contributed by atoms with Crippen LogP contribution in [0.5, 0.6) is 17.2 Å². The van der Waals surface area contributed by atoms with E-state index in [0.29, 0.717) is 36.1 Å². The Morgan fingerprint density at radius 1 is 1.11 bits per heavy atom. The molecule has 0 saturated heterocycles. The molecule has 2 aromatic carbocycles. The first kappa shape index (κ1) is 20.4. The minimum Gasteiger partial charge on any atom is -0.490 e. The van der Waals surface area contributed by atoms with E-state index in [0.717, 1.165) is 19.3 Å². The number of urea groups is 1. The molecule has 0 radical (unpaired) electrons. The summed E-state index contributed by atoms with van der Waals surface area (Å²) in [6.07, 6.45) is 3.12. The van der Waals surface area contributed by atoms with Crippen LogP contribution in [0, 0.1) is 5.82 Å². The van der Waals surface area contributed by atoms with Crippen molar-refractivity contribution in [2.75, 3.05) is 24.2 Å². The third kappa shape index (κ3) is 6.36. The molecule has 0 unspecified atom stereocenters. The number of nitrogens with one attached hydrogen (secondary N) is 2. The molecule has 0 aliphatic heterocycles. The number of carbonyl (C=O) groups excluding carboxylic acids is 1. The zero-order valence-corrected chi connectivity index (χ0v) is 15.7. The van der Waals surface area contributed by atoms with E-state index in [2.05, 4.69) is 17.6 Å². The van der Waals surface area contributed by atoms with E-state index in [9.17, 15) is 9.18 Å². The highest BCUT2D eigenvalue weighted by atomic mass is 19.1. The molecule has 0 bridgehead atoms.